The number of hydrogen-bond donors (Lipinski definition) is 1. The van der Waals surface area contributed by atoms with E-state index in [1.807, 2.05) is 32.0 Å². The standard InChI is InChI=1S/C16H23NO4/c1-4-20-15-8-11(6-7-14(15)19-3)12-9-17-10-13(12)16(18)21-5-2/h6-8,12-13,17H,4-5,9-10H2,1-3H3. The monoisotopic (exact) mass is 293 g/mol. The number of esters is 1. The molecule has 1 aliphatic rings. The molecule has 0 bridgehead atoms. The van der Waals surface area contributed by atoms with Crippen molar-refractivity contribution in [3.8, 4) is 11.5 Å². The molecule has 0 spiro atoms. The number of hydrogen-bond acceptors (Lipinski definition) is 5. The van der Waals surface area contributed by atoms with Crippen molar-refractivity contribution in [2.45, 2.75) is 19.8 Å². The van der Waals surface area contributed by atoms with E-state index in [1.54, 1.807) is 7.11 Å². The van der Waals surface area contributed by atoms with E-state index in [1.165, 1.54) is 0 Å². The molecule has 1 saturated heterocycles. The first-order chi connectivity index (χ1) is 10.2. The van der Waals surface area contributed by atoms with Crippen LogP contribution in [0.1, 0.15) is 25.3 Å². The van der Waals surface area contributed by atoms with Crippen molar-refractivity contribution in [2.24, 2.45) is 5.92 Å². The molecule has 0 saturated carbocycles. The quantitative estimate of drug-likeness (QED) is 0.813. The lowest BCUT2D eigenvalue weighted by Gasteiger charge is -2.19. The van der Waals surface area contributed by atoms with Crippen molar-refractivity contribution < 1.29 is 19.0 Å². The molecule has 5 nitrogen and oxygen atoms in total. The summed E-state index contributed by atoms with van der Waals surface area (Å²) in [6, 6.07) is 5.85. The maximum Gasteiger partial charge on any atom is 0.310 e. The zero-order valence-corrected chi connectivity index (χ0v) is 12.8. The third kappa shape index (κ3) is 3.47. The molecule has 0 radical (unpaired) electrons. The number of nitrogens with one attached hydrogen (secondary N) is 1. The largest absolute Gasteiger partial charge is 0.493 e. The van der Waals surface area contributed by atoms with Gasteiger partial charge in [-0.2, -0.15) is 0 Å². The van der Waals surface area contributed by atoms with Gasteiger partial charge < -0.3 is 19.5 Å². The minimum atomic E-state index is -0.146. The third-order valence-electron chi connectivity index (χ3n) is 3.72. The van der Waals surface area contributed by atoms with Gasteiger partial charge in [0.1, 0.15) is 0 Å². The minimum Gasteiger partial charge on any atom is -0.493 e. The lowest BCUT2D eigenvalue weighted by molar-refractivity contribution is -0.147. The zero-order valence-electron chi connectivity index (χ0n) is 12.8. The summed E-state index contributed by atoms with van der Waals surface area (Å²) in [6.45, 7) is 6.17. The molecule has 0 amide bonds. The Morgan fingerprint density at radius 3 is 2.71 bits per heavy atom. The van der Waals surface area contributed by atoms with Gasteiger partial charge in [0, 0.05) is 19.0 Å². The average molecular weight is 293 g/mol. The summed E-state index contributed by atoms with van der Waals surface area (Å²) >= 11 is 0. The summed E-state index contributed by atoms with van der Waals surface area (Å²) in [5.41, 5.74) is 1.07. The first-order valence-electron chi connectivity index (χ1n) is 7.39. The number of methoxy groups -OCH3 is 1. The van der Waals surface area contributed by atoms with E-state index in [2.05, 4.69) is 5.32 Å². The Bertz CT molecular complexity index is 489. The minimum absolute atomic E-state index is 0.106. The van der Waals surface area contributed by atoms with E-state index in [9.17, 15) is 4.79 Å². The topological polar surface area (TPSA) is 56.8 Å². The molecule has 116 valence electrons. The van der Waals surface area contributed by atoms with Gasteiger partial charge >= 0.3 is 5.97 Å². The molecular weight excluding hydrogens is 270 g/mol. The van der Waals surface area contributed by atoms with E-state index in [4.69, 9.17) is 14.2 Å². The van der Waals surface area contributed by atoms with Crippen molar-refractivity contribution in [1.82, 2.24) is 5.32 Å². The van der Waals surface area contributed by atoms with Crippen molar-refractivity contribution in [1.29, 1.82) is 0 Å². The van der Waals surface area contributed by atoms with Crippen LogP contribution in [0.15, 0.2) is 18.2 Å². The highest BCUT2D eigenvalue weighted by Gasteiger charge is 2.35. The van der Waals surface area contributed by atoms with Crippen LogP contribution in [-0.4, -0.2) is 39.4 Å². The fraction of sp³-hybridized carbons (Fsp3) is 0.562. The Labute approximate surface area is 125 Å². The fourth-order valence-corrected chi connectivity index (χ4v) is 2.72. The summed E-state index contributed by atoms with van der Waals surface area (Å²) < 4.78 is 16.1. The predicted octanol–water partition coefficient (Wildman–Crippen LogP) is 1.96. The molecule has 5 heteroatoms. The fourth-order valence-electron chi connectivity index (χ4n) is 2.72. The Balaban J connectivity index is 2.23. The van der Waals surface area contributed by atoms with Crippen molar-refractivity contribution in [2.75, 3.05) is 33.4 Å². The first-order valence-corrected chi connectivity index (χ1v) is 7.39. The molecule has 1 heterocycles. The molecule has 2 atom stereocenters. The third-order valence-corrected chi connectivity index (χ3v) is 3.72. The Morgan fingerprint density at radius 1 is 1.24 bits per heavy atom. The molecule has 21 heavy (non-hydrogen) atoms. The smallest absolute Gasteiger partial charge is 0.310 e. The number of carbonyl (C=O) groups is 1. The van der Waals surface area contributed by atoms with Crippen LogP contribution >= 0.6 is 0 Å². The van der Waals surface area contributed by atoms with E-state index in [-0.39, 0.29) is 17.8 Å². The molecule has 2 rings (SSSR count). The van der Waals surface area contributed by atoms with Gasteiger partial charge in [0.25, 0.3) is 0 Å². The van der Waals surface area contributed by atoms with E-state index >= 15 is 0 Å². The predicted molar refractivity (Wildman–Crippen MR) is 79.9 cm³/mol. The molecule has 1 aromatic rings. The Kier molecular flexibility index (Phi) is 5.44. The SMILES string of the molecule is CCOC(=O)C1CNCC1c1ccc(OC)c(OCC)c1. The Morgan fingerprint density at radius 2 is 2.05 bits per heavy atom. The van der Waals surface area contributed by atoms with Gasteiger partial charge in [-0.05, 0) is 31.5 Å². The van der Waals surface area contributed by atoms with Crippen LogP contribution in [0.5, 0.6) is 11.5 Å². The van der Waals surface area contributed by atoms with Crippen LogP contribution in [0, 0.1) is 5.92 Å². The highest BCUT2D eigenvalue weighted by molar-refractivity contribution is 5.74. The summed E-state index contributed by atoms with van der Waals surface area (Å²) in [6.07, 6.45) is 0. The maximum absolute atomic E-state index is 12.0. The van der Waals surface area contributed by atoms with E-state index in [0.717, 1.165) is 12.1 Å². The maximum atomic E-state index is 12.0. The molecule has 0 aliphatic carbocycles. The second kappa shape index (κ2) is 7.31. The molecule has 2 unspecified atom stereocenters. The van der Waals surface area contributed by atoms with Gasteiger partial charge in [-0.15, -0.1) is 0 Å². The molecular formula is C16H23NO4. The van der Waals surface area contributed by atoms with Gasteiger partial charge in [-0.1, -0.05) is 6.07 Å². The van der Waals surface area contributed by atoms with Crippen molar-refractivity contribution >= 4 is 5.97 Å². The van der Waals surface area contributed by atoms with Gasteiger partial charge in [0.05, 0.1) is 26.2 Å². The first kappa shape index (κ1) is 15.6. The molecule has 1 aliphatic heterocycles. The summed E-state index contributed by atoms with van der Waals surface area (Å²) in [4.78, 5) is 12.0. The van der Waals surface area contributed by atoms with Crippen LogP contribution in [-0.2, 0) is 9.53 Å². The van der Waals surface area contributed by atoms with Crippen molar-refractivity contribution in [3.63, 3.8) is 0 Å². The number of carbonyl (C=O) groups excluding carboxylic acids is 1. The molecule has 1 aromatic carbocycles. The van der Waals surface area contributed by atoms with Gasteiger partial charge in [-0.25, -0.2) is 0 Å². The summed E-state index contributed by atoms with van der Waals surface area (Å²) in [7, 11) is 1.62. The van der Waals surface area contributed by atoms with Crippen LogP contribution in [0.25, 0.3) is 0 Å². The van der Waals surface area contributed by atoms with Gasteiger partial charge in [0.15, 0.2) is 11.5 Å². The molecule has 1 N–H and O–H groups in total. The number of ether oxygens (including phenoxy) is 3. The van der Waals surface area contributed by atoms with Gasteiger partial charge in [-0.3, -0.25) is 4.79 Å². The average Bonchev–Trinajstić information content (AvgIpc) is 2.97. The second-order valence-corrected chi connectivity index (χ2v) is 4.97. The van der Waals surface area contributed by atoms with Crippen molar-refractivity contribution in [3.05, 3.63) is 23.8 Å². The lowest BCUT2D eigenvalue weighted by atomic mass is 9.89. The van der Waals surface area contributed by atoms with Crippen LogP contribution in [0.4, 0.5) is 0 Å². The second-order valence-electron chi connectivity index (χ2n) is 4.97. The Hall–Kier alpha value is -1.75. The molecule has 1 fully saturated rings. The lowest BCUT2D eigenvalue weighted by Crippen LogP contribution is -2.24. The number of benzene rings is 1. The van der Waals surface area contributed by atoms with Gasteiger partial charge in [0.2, 0.25) is 0 Å². The molecule has 0 aromatic heterocycles. The summed E-state index contributed by atoms with van der Waals surface area (Å²) in [5.74, 6) is 1.24. The van der Waals surface area contributed by atoms with Crippen LogP contribution < -0.4 is 14.8 Å². The zero-order chi connectivity index (χ0) is 15.2. The van der Waals surface area contributed by atoms with E-state index < -0.39 is 0 Å². The van der Waals surface area contributed by atoms with Crippen LogP contribution in [0.3, 0.4) is 0 Å². The summed E-state index contributed by atoms with van der Waals surface area (Å²) in [5, 5.41) is 3.27. The van der Waals surface area contributed by atoms with Crippen LogP contribution in [0.2, 0.25) is 0 Å². The van der Waals surface area contributed by atoms with E-state index in [0.29, 0.717) is 31.3 Å². The highest BCUT2D eigenvalue weighted by atomic mass is 16.5. The normalized spacial score (nSPS) is 21.1. The highest BCUT2D eigenvalue weighted by Crippen LogP contribution is 2.35. The number of rotatable bonds is 6.